The number of non-ortho nitro benzene ring substituents is 1. The van der Waals surface area contributed by atoms with Gasteiger partial charge in [-0.05, 0) is 17.5 Å². The van der Waals surface area contributed by atoms with Crippen molar-refractivity contribution in [2.45, 2.75) is 0 Å². The highest BCUT2D eigenvalue weighted by Gasteiger charge is 2.09. The van der Waals surface area contributed by atoms with E-state index < -0.39 is 10.7 Å². The zero-order chi connectivity index (χ0) is 11.5. The second-order valence-electron chi connectivity index (χ2n) is 3.09. The molecule has 4 nitrogen and oxygen atoms in total. The summed E-state index contributed by atoms with van der Waals surface area (Å²) >= 11 is 1.48. The topological polar surface area (TPSA) is 55.2 Å². The molecule has 0 unspecified atom stereocenters. The van der Waals surface area contributed by atoms with E-state index >= 15 is 0 Å². The van der Waals surface area contributed by atoms with Gasteiger partial charge in [-0.25, -0.2) is 4.39 Å². The molecule has 2 rings (SSSR count). The quantitative estimate of drug-likeness (QED) is 0.657. The Kier molecular flexibility index (Phi) is 2.82. The average molecular weight is 238 g/mol. The normalized spacial score (nSPS) is 10.1. The molecule has 1 N–H and O–H groups in total. The summed E-state index contributed by atoms with van der Waals surface area (Å²) < 4.78 is 13.1. The van der Waals surface area contributed by atoms with Crippen LogP contribution in [-0.2, 0) is 0 Å². The van der Waals surface area contributed by atoms with E-state index in [4.69, 9.17) is 0 Å². The van der Waals surface area contributed by atoms with Crippen LogP contribution in [0.25, 0.3) is 0 Å². The number of nitro groups is 1. The maximum Gasteiger partial charge on any atom is 0.274 e. The Morgan fingerprint density at radius 1 is 1.31 bits per heavy atom. The van der Waals surface area contributed by atoms with Crippen LogP contribution in [0.3, 0.4) is 0 Å². The van der Waals surface area contributed by atoms with Crippen molar-refractivity contribution >= 4 is 28.4 Å². The lowest BCUT2D eigenvalue weighted by Gasteiger charge is -2.03. The van der Waals surface area contributed by atoms with E-state index in [1.807, 2.05) is 10.8 Å². The molecule has 1 aromatic carbocycles. The van der Waals surface area contributed by atoms with Gasteiger partial charge < -0.3 is 5.32 Å². The number of nitrogens with zero attached hydrogens (tertiary/aromatic N) is 1. The van der Waals surface area contributed by atoms with Gasteiger partial charge in [0.05, 0.1) is 11.0 Å². The largest absolute Gasteiger partial charge is 0.355 e. The SMILES string of the molecule is O=[N+]([O-])c1cc(F)cc(Nc2ccsc2)c1. The molecule has 6 heteroatoms. The lowest BCUT2D eigenvalue weighted by Crippen LogP contribution is -1.93. The maximum absolute atomic E-state index is 13.1. The highest BCUT2D eigenvalue weighted by molar-refractivity contribution is 7.08. The van der Waals surface area contributed by atoms with Crippen molar-refractivity contribution in [3.8, 4) is 0 Å². The zero-order valence-electron chi connectivity index (χ0n) is 8.01. The van der Waals surface area contributed by atoms with Crippen LogP contribution >= 0.6 is 11.3 Å². The summed E-state index contributed by atoms with van der Waals surface area (Å²) in [7, 11) is 0. The van der Waals surface area contributed by atoms with Gasteiger partial charge in [-0.15, -0.1) is 0 Å². The molecule has 0 aliphatic rings. The Hall–Kier alpha value is -1.95. The number of nitrogens with one attached hydrogen (secondary N) is 1. The Morgan fingerprint density at radius 3 is 2.75 bits per heavy atom. The lowest BCUT2D eigenvalue weighted by atomic mass is 10.2. The minimum Gasteiger partial charge on any atom is -0.355 e. The number of anilines is 2. The van der Waals surface area contributed by atoms with Gasteiger partial charge >= 0.3 is 0 Å². The third-order valence-electron chi connectivity index (χ3n) is 1.90. The van der Waals surface area contributed by atoms with Gasteiger partial charge in [0, 0.05) is 22.8 Å². The van der Waals surface area contributed by atoms with E-state index in [0.29, 0.717) is 5.69 Å². The van der Waals surface area contributed by atoms with Gasteiger partial charge in [-0.2, -0.15) is 11.3 Å². The molecule has 0 saturated heterocycles. The highest BCUT2D eigenvalue weighted by Crippen LogP contribution is 2.24. The average Bonchev–Trinajstić information content (AvgIpc) is 2.69. The van der Waals surface area contributed by atoms with E-state index in [-0.39, 0.29) is 5.69 Å². The maximum atomic E-state index is 13.1. The van der Waals surface area contributed by atoms with Gasteiger partial charge in [-0.3, -0.25) is 10.1 Å². The van der Waals surface area contributed by atoms with E-state index in [1.54, 1.807) is 6.07 Å². The predicted octanol–water partition coefficient (Wildman–Crippen LogP) is 3.54. The molecule has 2 aromatic rings. The molecule has 0 spiro atoms. The van der Waals surface area contributed by atoms with Crippen LogP contribution in [0, 0.1) is 15.9 Å². The fourth-order valence-electron chi connectivity index (χ4n) is 1.25. The minimum absolute atomic E-state index is 0.266. The van der Waals surface area contributed by atoms with E-state index in [9.17, 15) is 14.5 Å². The van der Waals surface area contributed by atoms with Crippen LogP contribution in [0.1, 0.15) is 0 Å². The Bertz CT molecular complexity index is 514. The first kappa shape index (κ1) is 10.6. The molecule has 0 saturated carbocycles. The van der Waals surface area contributed by atoms with Crippen LogP contribution in [0.2, 0.25) is 0 Å². The second-order valence-corrected chi connectivity index (χ2v) is 3.87. The Labute approximate surface area is 94.5 Å². The summed E-state index contributed by atoms with van der Waals surface area (Å²) in [5.74, 6) is -0.632. The van der Waals surface area contributed by atoms with Crippen LogP contribution in [-0.4, -0.2) is 4.92 Å². The second kappa shape index (κ2) is 4.28. The first-order valence-corrected chi connectivity index (χ1v) is 5.33. The molecule has 0 amide bonds. The number of hydrogen-bond acceptors (Lipinski definition) is 4. The van der Waals surface area contributed by atoms with Gasteiger partial charge in [0.2, 0.25) is 0 Å². The Morgan fingerprint density at radius 2 is 2.12 bits per heavy atom. The number of nitro benzene ring substituents is 1. The van der Waals surface area contributed by atoms with Crippen LogP contribution in [0.4, 0.5) is 21.5 Å². The Balaban J connectivity index is 2.31. The lowest BCUT2D eigenvalue weighted by molar-refractivity contribution is -0.385. The predicted molar refractivity (Wildman–Crippen MR) is 60.7 cm³/mol. The summed E-state index contributed by atoms with van der Waals surface area (Å²) in [6.45, 7) is 0. The molecule has 0 aliphatic heterocycles. The molecule has 0 bridgehead atoms. The van der Waals surface area contributed by atoms with Crippen LogP contribution in [0.15, 0.2) is 35.0 Å². The molecule has 0 atom stereocenters. The standard InChI is InChI=1S/C10H7FN2O2S/c11-7-3-9(5-10(4-7)13(14)15)12-8-1-2-16-6-8/h1-6,12H. The fourth-order valence-corrected chi connectivity index (χ4v) is 1.84. The number of benzene rings is 1. The van der Waals surface area contributed by atoms with Crippen LogP contribution in [0.5, 0.6) is 0 Å². The molecule has 1 heterocycles. The number of rotatable bonds is 3. The van der Waals surface area contributed by atoms with Gasteiger partial charge in [0.15, 0.2) is 0 Å². The summed E-state index contributed by atoms with van der Waals surface area (Å²) in [6, 6.07) is 5.20. The third kappa shape index (κ3) is 2.34. The number of thiophene rings is 1. The van der Waals surface area contributed by atoms with Crippen molar-refractivity contribution in [2.24, 2.45) is 0 Å². The zero-order valence-corrected chi connectivity index (χ0v) is 8.83. The summed E-state index contributed by atoms with van der Waals surface area (Å²) in [4.78, 5) is 9.90. The first-order valence-electron chi connectivity index (χ1n) is 4.39. The molecule has 0 radical (unpaired) electrons. The fraction of sp³-hybridized carbons (Fsp3) is 0. The summed E-state index contributed by atoms with van der Waals surface area (Å²) in [5.41, 5.74) is 0.882. The van der Waals surface area contributed by atoms with Crippen molar-refractivity contribution in [3.63, 3.8) is 0 Å². The minimum atomic E-state index is -0.632. The molecule has 1 aromatic heterocycles. The molecule has 0 fully saturated rings. The third-order valence-corrected chi connectivity index (χ3v) is 2.59. The number of halogens is 1. The summed E-state index contributed by atoms with van der Waals surface area (Å²) in [6.07, 6.45) is 0. The smallest absolute Gasteiger partial charge is 0.274 e. The van der Waals surface area contributed by atoms with Gasteiger partial charge in [-0.1, -0.05) is 0 Å². The molecular formula is C10H7FN2O2S. The van der Waals surface area contributed by atoms with Gasteiger partial charge in [0.1, 0.15) is 5.82 Å². The van der Waals surface area contributed by atoms with Crippen molar-refractivity contribution in [3.05, 3.63) is 51.0 Å². The highest BCUT2D eigenvalue weighted by atomic mass is 32.1. The number of hydrogen-bond donors (Lipinski definition) is 1. The van der Waals surface area contributed by atoms with Gasteiger partial charge in [0.25, 0.3) is 5.69 Å². The van der Waals surface area contributed by atoms with Crippen molar-refractivity contribution in [2.75, 3.05) is 5.32 Å². The molecular weight excluding hydrogens is 231 g/mol. The van der Waals surface area contributed by atoms with E-state index in [2.05, 4.69) is 5.32 Å². The molecule has 0 aliphatic carbocycles. The van der Waals surface area contributed by atoms with E-state index in [0.717, 1.165) is 11.8 Å². The molecule has 16 heavy (non-hydrogen) atoms. The molecule has 82 valence electrons. The van der Waals surface area contributed by atoms with Crippen LogP contribution < -0.4 is 5.32 Å². The monoisotopic (exact) mass is 238 g/mol. The summed E-state index contributed by atoms with van der Waals surface area (Å²) in [5, 5.41) is 17.1. The van der Waals surface area contributed by atoms with Crippen molar-refractivity contribution in [1.82, 2.24) is 0 Å². The van der Waals surface area contributed by atoms with Crippen molar-refractivity contribution < 1.29 is 9.31 Å². The van der Waals surface area contributed by atoms with Crippen molar-refractivity contribution in [1.29, 1.82) is 0 Å². The van der Waals surface area contributed by atoms with E-state index in [1.165, 1.54) is 23.5 Å². The first-order chi connectivity index (χ1) is 7.65.